The first-order valence-corrected chi connectivity index (χ1v) is 12.4. The number of sulfone groups is 1. The third-order valence-corrected chi connectivity index (χ3v) is 10.0. The number of hydrogen-bond acceptors (Lipinski definition) is 3. The molecular weight excluding hydrogens is 521 g/mol. The van der Waals surface area contributed by atoms with Crippen molar-refractivity contribution < 1.29 is 21.9 Å². The Bertz CT molecular complexity index is 1010. The molecule has 3 nitrogen and oxygen atoms in total. The Morgan fingerprint density at radius 2 is 1.82 bits per heavy atom. The van der Waals surface area contributed by atoms with Crippen molar-refractivity contribution in [2.45, 2.75) is 28.9 Å². The Kier molecular flexibility index (Phi) is 5.37. The fourth-order valence-corrected chi connectivity index (χ4v) is 7.86. The predicted octanol–water partition coefficient (Wildman–Crippen LogP) is 5.53. The molecule has 1 aliphatic carbocycles. The highest BCUT2D eigenvalue weighted by molar-refractivity contribution is 14.1. The average molecular weight is 539 g/mol. The summed E-state index contributed by atoms with van der Waals surface area (Å²) >= 11 is 8.21. The van der Waals surface area contributed by atoms with Crippen LogP contribution in [0.4, 0.5) is 8.78 Å². The molecule has 0 saturated heterocycles. The van der Waals surface area contributed by atoms with Gasteiger partial charge in [-0.05, 0) is 61.6 Å². The highest BCUT2D eigenvalue weighted by atomic mass is 127. The largest absolute Gasteiger partial charge is 0.490 e. The third-order valence-electron chi connectivity index (χ3n) is 5.93. The molecule has 0 radical (unpaired) electrons. The molecule has 2 aliphatic rings. The first kappa shape index (κ1) is 20.3. The number of fused-ring (bicyclic) bond motifs is 3. The minimum Gasteiger partial charge on any atom is -0.490 e. The quantitative estimate of drug-likeness (QED) is 0.381. The van der Waals surface area contributed by atoms with Gasteiger partial charge in [-0.25, -0.2) is 17.2 Å². The second-order valence-electron chi connectivity index (χ2n) is 7.38. The molecule has 0 amide bonds. The number of benzene rings is 2. The van der Waals surface area contributed by atoms with E-state index in [-0.39, 0.29) is 29.2 Å². The maximum absolute atomic E-state index is 15.0. The molecule has 1 aliphatic heterocycles. The molecule has 1 saturated carbocycles. The molecule has 0 aromatic heterocycles. The molecule has 8 heteroatoms. The van der Waals surface area contributed by atoms with Gasteiger partial charge in [-0.3, -0.25) is 0 Å². The number of hydrogen-bond donors (Lipinski definition) is 0. The Morgan fingerprint density at radius 1 is 1.14 bits per heavy atom. The lowest BCUT2D eigenvalue weighted by atomic mass is 9.69. The highest BCUT2D eigenvalue weighted by Gasteiger charge is 2.59. The van der Waals surface area contributed by atoms with Crippen LogP contribution in [0.3, 0.4) is 0 Å². The van der Waals surface area contributed by atoms with Crippen molar-refractivity contribution in [2.75, 3.05) is 11.0 Å². The lowest BCUT2D eigenvalue weighted by Gasteiger charge is -2.48. The maximum Gasteiger partial charge on any atom is 0.188 e. The molecule has 0 unspecified atom stereocenters. The van der Waals surface area contributed by atoms with Gasteiger partial charge in [0.25, 0.3) is 0 Å². The summed E-state index contributed by atoms with van der Waals surface area (Å²) in [5, 5.41) is 0.409. The van der Waals surface area contributed by atoms with Gasteiger partial charge in [-0.15, -0.1) is 0 Å². The summed E-state index contributed by atoms with van der Waals surface area (Å²) < 4.78 is 62.2. The van der Waals surface area contributed by atoms with Crippen molar-refractivity contribution in [1.82, 2.24) is 0 Å². The molecule has 2 aromatic carbocycles. The Morgan fingerprint density at radius 3 is 2.50 bits per heavy atom. The summed E-state index contributed by atoms with van der Waals surface area (Å²) in [7, 11) is -4.03. The van der Waals surface area contributed by atoms with E-state index in [1.54, 1.807) is 0 Å². The number of halogens is 4. The van der Waals surface area contributed by atoms with E-state index >= 15 is 4.39 Å². The Labute approximate surface area is 181 Å². The molecule has 4 rings (SSSR count). The standard InChI is InChI=1S/C20H18ClF2IO3S/c21-14-1-3-15(4-2-14)28(25,26)20-8-7-12(10-24)9-13(20)11-27-19-17(23)6-5-16(22)18(19)20/h1-6,12-13H,7-11H2/t12-,13+,20-/m0/s1. The average Bonchev–Trinajstić information content (AvgIpc) is 2.69. The van der Waals surface area contributed by atoms with Crippen LogP contribution in [0.25, 0.3) is 0 Å². The second-order valence-corrected chi connectivity index (χ2v) is 10.9. The molecule has 2 aromatic rings. The van der Waals surface area contributed by atoms with E-state index in [0.29, 0.717) is 23.8 Å². The summed E-state index contributed by atoms with van der Waals surface area (Å²) in [6, 6.07) is 7.83. The van der Waals surface area contributed by atoms with Gasteiger partial charge in [0.1, 0.15) is 10.6 Å². The number of rotatable bonds is 3. The molecule has 3 atom stereocenters. The normalized spacial score (nSPS) is 26.9. The molecule has 1 fully saturated rings. The van der Waals surface area contributed by atoms with Crippen molar-refractivity contribution in [3.63, 3.8) is 0 Å². The van der Waals surface area contributed by atoms with Gasteiger partial charge in [0.15, 0.2) is 21.4 Å². The summed E-state index contributed by atoms with van der Waals surface area (Å²) in [6.07, 6.45) is 1.44. The molecule has 28 heavy (non-hydrogen) atoms. The first-order chi connectivity index (χ1) is 13.3. The fraction of sp³-hybridized carbons (Fsp3) is 0.400. The van der Waals surface area contributed by atoms with Gasteiger partial charge in [0.05, 0.1) is 17.1 Å². The Balaban J connectivity index is 1.99. The zero-order valence-corrected chi connectivity index (χ0v) is 18.5. The van der Waals surface area contributed by atoms with Crippen LogP contribution in [0.15, 0.2) is 41.3 Å². The van der Waals surface area contributed by atoms with Crippen LogP contribution in [0.1, 0.15) is 24.8 Å². The van der Waals surface area contributed by atoms with Crippen LogP contribution in [0.2, 0.25) is 5.02 Å². The van der Waals surface area contributed by atoms with Crippen molar-refractivity contribution in [3.05, 3.63) is 58.6 Å². The minimum atomic E-state index is -4.03. The smallest absolute Gasteiger partial charge is 0.188 e. The molecule has 150 valence electrons. The molecule has 0 spiro atoms. The van der Waals surface area contributed by atoms with E-state index in [2.05, 4.69) is 22.6 Å². The molecule has 0 bridgehead atoms. The zero-order valence-electron chi connectivity index (χ0n) is 14.8. The van der Waals surface area contributed by atoms with Gasteiger partial charge < -0.3 is 4.74 Å². The van der Waals surface area contributed by atoms with Crippen molar-refractivity contribution in [3.8, 4) is 5.75 Å². The van der Waals surface area contributed by atoms with Gasteiger partial charge in [-0.1, -0.05) is 34.2 Å². The summed E-state index contributed by atoms with van der Waals surface area (Å²) in [5.74, 6) is -1.89. The van der Waals surface area contributed by atoms with E-state index in [4.69, 9.17) is 16.3 Å². The van der Waals surface area contributed by atoms with Crippen molar-refractivity contribution in [1.29, 1.82) is 0 Å². The van der Waals surface area contributed by atoms with E-state index in [1.807, 2.05) is 0 Å². The maximum atomic E-state index is 15.0. The number of alkyl halides is 1. The summed E-state index contributed by atoms with van der Waals surface area (Å²) in [5.41, 5.74) is -0.161. The van der Waals surface area contributed by atoms with Crippen LogP contribution in [-0.2, 0) is 14.6 Å². The van der Waals surface area contributed by atoms with Gasteiger partial charge in [-0.2, -0.15) is 0 Å². The molecular formula is C20H18ClF2IO3S. The lowest BCUT2D eigenvalue weighted by molar-refractivity contribution is 0.105. The highest BCUT2D eigenvalue weighted by Crippen LogP contribution is 2.57. The van der Waals surface area contributed by atoms with Crippen LogP contribution in [0.5, 0.6) is 5.75 Å². The van der Waals surface area contributed by atoms with E-state index < -0.39 is 32.1 Å². The van der Waals surface area contributed by atoms with Crippen molar-refractivity contribution in [2.24, 2.45) is 11.8 Å². The minimum absolute atomic E-state index is 0.0489. The summed E-state index contributed by atoms with van der Waals surface area (Å²) in [4.78, 5) is 0.0614. The van der Waals surface area contributed by atoms with Gasteiger partial charge >= 0.3 is 0 Å². The number of ether oxygens (including phenoxy) is 1. The van der Waals surface area contributed by atoms with Crippen LogP contribution in [-0.4, -0.2) is 19.5 Å². The van der Waals surface area contributed by atoms with Gasteiger partial charge in [0, 0.05) is 15.4 Å². The second kappa shape index (κ2) is 7.40. The third kappa shape index (κ3) is 2.96. The van der Waals surface area contributed by atoms with E-state index in [9.17, 15) is 12.8 Å². The van der Waals surface area contributed by atoms with Crippen LogP contribution >= 0.6 is 34.2 Å². The molecule has 0 N–H and O–H groups in total. The first-order valence-electron chi connectivity index (χ1n) is 8.98. The van der Waals surface area contributed by atoms with Gasteiger partial charge in [0.2, 0.25) is 0 Å². The van der Waals surface area contributed by atoms with Crippen LogP contribution in [0, 0.1) is 23.5 Å². The molecule has 1 heterocycles. The van der Waals surface area contributed by atoms with Crippen LogP contribution < -0.4 is 4.74 Å². The van der Waals surface area contributed by atoms with Crippen molar-refractivity contribution >= 4 is 44.0 Å². The van der Waals surface area contributed by atoms with E-state index in [1.165, 1.54) is 24.3 Å². The Hall–Kier alpha value is -0.930. The fourth-order valence-electron chi connectivity index (χ4n) is 4.57. The monoisotopic (exact) mass is 538 g/mol. The summed E-state index contributed by atoms with van der Waals surface area (Å²) in [6.45, 7) is 0.0489. The zero-order chi connectivity index (χ0) is 20.1. The predicted molar refractivity (Wildman–Crippen MR) is 112 cm³/mol. The lowest BCUT2D eigenvalue weighted by Crippen LogP contribution is -2.52. The SMILES string of the molecule is O=S(=O)(c1ccc(Cl)cc1)[C@@]12CC[C@H](CI)C[C@@H]1COc1c(F)ccc(F)c12. The topological polar surface area (TPSA) is 43.4 Å². The van der Waals surface area contributed by atoms with E-state index in [0.717, 1.165) is 16.6 Å².